The van der Waals surface area contributed by atoms with E-state index in [-0.39, 0.29) is 11.8 Å². The summed E-state index contributed by atoms with van der Waals surface area (Å²) in [6, 6.07) is 12.1. The Morgan fingerprint density at radius 3 is 2.95 bits per heavy atom. The average Bonchev–Trinajstić information content (AvgIpc) is 3.04. The minimum atomic E-state index is -0.0696. The molecular weight excluding hydrogens is 282 g/mol. The number of benzene rings is 1. The highest BCUT2D eigenvalue weighted by atomic mass is 32.1. The topological polar surface area (TPSA) is 29.5 Å². The lowest BCUT2D eigenvalue weighted by Crippen LogP contribution is -2.40. The van der Waals surface area contributed by atoms with Crippen molar-refractivity contribution in [1.29, 1.82) is 0 Å². The first-order chi connectivity index (χ1) is 10.3. The predicted octanol–water partition coefficient (Wildman–Crippen LogP) is 3.35. The van der Waals surface area contributed by atoms with E-state index < -0.39 is 0 Å². The number of thiophene rings is 1. The third kappa shape index (κ3) is 3.10. The van der Waals surface area contributed by atoms with Gasteiger partial charge in [-0.25, -0.2) is 0 Å². The number of amides is 1. The van der Waals surface area contributed by atoms with Crippen molar-refractivity contribution in [1.82, 2.24) is 4.90 Å². The van der Waals surface area contributed by atoms with Crippen LogP contribution in [0.5, 0.6) is 5.75 Å². The first-order valence-electron chi connectivity index (χ1n) is 7.29. The van der Waals surface area contributed by atoms with E-state index in [2.05, 4.69) is 6.07 Å². The zero-order valence-corrected chi connectivity index (χ0v) is 12.9. The minimum absolute atomic E-state index is 0.0696. The second kappa shape index (κ2) is 6.31. The normalized spacial score (nSPS) is 16.9. The molecule has 1 aromatic carbocycles. The van der Waals surface area contributed by atoms with Gasteiger partial charge in [0.05, 0.1) is 12.5 Å². The van der Waals surface area contributed by atoms with Crippen LogP contribution in [-0.2, 0) is 17.8 Å². The lowest BCUT2D eigenvalue weighted by molar-refractivity contribution is -0.137. The third-order valence-electron chi connectivity index (χ3n) is 3.85. The summed E-state index contributed by atoms with van der Waals surface area (Å²) < 4.78 is 5.74. The molecule has 0 bridgehead atoms. The summed E-state index contributed by atoms with van der Waals surface area (Å²) >= 11 is 1.69. The van der Waals surface area contributed by atoms with Crippen LogP contribution in [0.4, 0.5) is 0 Å². The van der Waals surface area contributed by atoms with Crippen LogP contribution in [0.15, 0.2) is 41.8 Å². The number of nitrogens with zero attached hydrogens (tertiary/aromatic N) is 1. The molecule has 4 heteroatoms. The van der Waals surface area contributed by atoms with Gasteiger partial charge in [0.1, 0.15) is 12.4 Å². The Hall–Kier alpha value is -1.81. The van der Waals surface area contributed by atoms with Crippen molar-refractivity contribution in [2.24, 2.45) is 5.92 Å². The van der Waals surface area contributed by atoms with Crippen LogP contribution in [0, 0.1) is 5.92 Å². The van der Waals surface area contributed by atoms with Gasteiger partial charge in [0.2, 0.25) is 5.91 Å². The first kappa shape index (κ1) is 14.1. The fourth-order valence-corrected chi connectivity index (χ4v) is 3.40. The summed E-state index contributed by atoms with van der Waals surface area (Å²) in [6.07, 6.45) is 0.774. The molecule has 0 saturated carbocycles. The summed E-state index contributed by atoms with van der Waals surface area (Å²) in [6.45, 7) is 3.94. The van der Waals surface area contributed by atoms with Gasteiger partial charge in [-0.05, 0) is 36.4 Å². The molecule has 0 radical (unpaired) electrons. The van der Waals surface area contributed by atoms with Gasteiger partial charge in [0.15, 0.2) is 0 Å². The fourth-order valence-electron chi connectivity index (χ4n) is 2.68. The number of ether oxygens (including phenoxy) is 1. The van der Waals surface area contributed by atoms with Crippen molar-refractivity contribution in [3.8, 4) is 5.75 Å². The van der Waals surface area contributed by atoms with Gasteiger partial charge in [-0.2, -0.15) is 0 Å². The minimum Gasteiger partial charge on any atom is -0.492 e. The Morgan fingerprint density at radius 2 is 2.19 bits per heavy atom. The first-order valence-corrected chi connectivity index (χ1v) is 8.17. The molecule has 1 aromatic heterocycles. The van der Waals surface area contributed by atoms with Crippen molar-refractivity contribution in [2.75, 3.05) is 13.2 Å². The lowest BCUT2D eigenvalue weighted by Gasteiger charge is -2.29. The van der Waals surface area contributed by atoms with Crippen molar-refractivity contribution in [3.05, 3.63) is 52.2 Å². The molecule has 1 atom stereocenters. The zero-order valence-electron chi connectivity index (χ0n) is 12.1. The molecule has 1 amide bonds. The van der Waals surface area contributed by atoms with Crippen LogP contribution in [0.1, 0.15) is 17.4 Å². The van der Waals surface area contributed by atoms with E-state index in [9.17, 15) is 4.79 Å². The number of hydrogen-bond donors (Lipinski definition) is 0. The molecule has 1 aliphatic heterocycles. The maximum atomic E-state index is 12.7. The Bertz CT molecular complexity index is 609. The van der Waals surface area contributed by atoms with Crippen molar-refractivity contribution < 1.29 is 9.53 Å². The number of carbonyl (C=O) groups excluding carboxylic acids is 1. The maximum absolute atomic E-state index is 12.7. The van der Waals surface area contributed by atoms with E-state index >= 15 is 0 Å². The number of para-hydroxylation sites is 1. The molecule has 2 heterocycles. The molecular formula is C17H19NO2S. The van der Waals surface area contributed by atoms with Gasteiger partial charge < -0.3 is 9.64 Å². The van der Waals surface area contributed by atoms with E-state index in [0.717, 1.165) is 24.3 Å². The Balaban J connectivity index is 1.70. The predicted molar refractivity (Wildman–Crippen MR) is 84.5 cm³/mol. The molecule has 1 aliphatic rings. The second-order valence-corrected chi connectivity index (χ2v) is 6.28. The van der Waals surface area contributed by atoms with E-state index in [0.29, 0.717) is 13.2 Å². The van der Waals surface area contributed by atoms with E-state index in [1.54, 1.807) is 11.3 Å². The molecule has 0 fully saturated rings. The smallest absolute Gasteiger partial charge is 0.229 e. The maximum Gasteiger partial charge on any atom is 0.229 e. The van der Waals surface area contributed by atoms with Gasteiger partial charge in [-0.3, -0.25) is 4.79 Å². The van der Waals surface area contributed by atoms with Crippen LogP contribution in [0.2, 0.25) is 0 Å². The van der Waals surface area contributed by atoms with Crippen molar-refractivity contribution in [3.63, 3.8) is 0 Å². The van der Waals surface area contributed by atoms with E-state index in [4.69, 9.17) is 4.74 Å². The SMILES string of the molecule is CCN(Cc1cccs1)C(=O)C1COc2ccccc2C1. The highest BCUT2D eigenvalue weighted by Crippen LogP contribution is 2.28. The molecule has 1 unspecified atom stereocenters. The number of rotatable bonds is 4. The van der Waals surface area contributed by atoms with Crippen molar-refractivity contribution >= 4 is 17.2 Å². The highest BCUT2D eigenvalue weighted by molar-refractivity contribution is 7.09. The number of fused-ring (bicyclic) bond motifs is 1. The Morgan fingerprint density at radius 1 is 1.33 bits per heavy atom. The summed E-state index contributed by atoms with van der Waals surface area (Å²) in [4.78, 5) is 15.9. The van der Waals surface area contributed by atoms with Crippen LogP contribution < -0.4 is 4.74 Å². The van der Waals surface area contributed by atoms with Gasteiger partial charge in [0.25, 0.3) is 0 Å². The van der Waals surface area contributed by atoms with Crippen LogP contribution in [-0.4, -0.2) is 24.0 Å². The molecule has 0 N–H and O–H groups in total. The molecule has 0 aliphatic carbocycles. The number of hydrogen-bond acceptors (Lipinski definition) is 3. The standard InChI is InChI=1S/C17H19NO2S/c1-2-18(11-15-7-5-9-21-15)17(19)14-10-13-6-3-4-8-16(13)20-12-14/h3-9,14H,2,10-12H2,1H3. The Kier molecular flexibility index (Phi) is 4.25. The van der Waals surface area contributed by atoms with Crippen LogP contribution >= 0.6 is 11.3 Å². The summed E-state index contributed by atoms with van der Waals surface area (Å²) in [7, 11) is 0. The van der Waals surface area contributed by atoms with Crippen LogP contribution in [0.3, 0.4) is 0 Å². The number of carbonyl (C=O) groups is 1. The van der Waals surface area contributed by atoms with E-state index in [1.807, 2.05) is 47.5 Å². The van der Waals surface area contributed by atoms with Crippen molar-refractivity contribution in [2.45, 2.75) is 19.9 Å². The lowest BCUT2D eigenvalue weighted by atomic mass is 9.95. The van der Waals surface area contributed by atoms with E-state index in [1.165, 1.54) is 4.88 Å². The second-order valence-electron chi connectivity index (χ2n) is 5.25. The zero-order chi connectivity index (χ0) is 14.7. The summed E-state index contributed by atoms with van der Waals surface area (Å²) in [5, 5.41) is 2.05. The molecule has 21 heavy (non-hydrogen) atoms. The summed E-state index contributed by atoms with van der Waals surface area (Å²) in [5.74, 6) is 1.04. The van der Waals surface area contributed by atoms with Gasteiger partial charge in [-0.1, -0.05) is 24.3 Å². The molecule has 110 valence electrons. The third-order valence-corrected chi connectivity index (χ3v) is 4.71. The quantitative estimate of drug-likeness (QED) is 0.867. The van der Waals surface area contributed by atoms with Crippen LogP contribution in [0.25, 0.3) is 0 Å². The molecule has 0 spiro atoms. The summed E-state index contributed by atoms with van der Waals surface area (Å²) in [5.41, 5.74) is 1.13. The molecule has 3 nitrogen and oxygen atoms in total. The Labute approximate surface area is 129 Å². The fraction of sp³-hybridized carbons (Fsp3) is 0.353. The monoisotopic (exact) mass is 301 g/mol. The molecule has 0 saturated heterocycles. The highest BCUT2D eigenvalue weighted by Gasteiger charge is 2.29. The van der Waals surface area contributed by atoms with Gasteiger partial charge >= 0.3 is 0 Å². The molecule has 2 aromatic rings. The molecule has 3 rings (SSSR count). The van der Waals surface area contributed by atoms with Gasteiger partial charge in [0, 0.05) is 11.4 Å². The largest absolute Gasteiger partial charge is 0.492 e. The van der Waals surface area contributed by atoms with Gasteiger partial charge in [-0.15, -0.1) is 11.3 Å². The average molecular weight is 301 g/mol.